The lowest BCUT2D eigenvalue weighted by Gasteiger charge is -2.16. The van der Waals surface area contributed by atoms with Gasteiger partial charge in [-0.3, -0.25) is 9.10 Å². The normalized spacial score (nSPS) is 11.2. The first-order valence-electron chi connectivity index (χ1n) is 8.16. The van der Waals surface area contributed by atoms with Crippen molar-refractivity contribution in [3.63, 3.8) is 0 Å². The Hall–Kier alpha value is -2.91. The molecule has 146 valence electrons. The summed E-state index contributed by atoms with van der Waals surface area (Å²) in [6, 6.07) is 13.3. The maximum absolute atomic E-state index is 12.5. The Labute approximate surface area is 166 Å². The summed E-state index contributed by atoms with van der Waals surface area (Å²) >= 11 is 1.31. The zero-order valence-electron chi connectivity index (χ0n) is 15.4. The van der Waals surface area contributed by atoms with Crippen molar-refractivity contribution in [3.05, 3.63) is 59.0 Å². The molecule has 0 spiro atoms. The molecular weight excluding hydrogens is 400 g/mol. The Morgan fingerprint density at radius 3 is 2.36 bits per heavy atom. The molecule has 1 N–H and O–H groups in total. The van der Waals surface area contributed by atoms with Crippen LogP contribution in [0.25, 0.3) is 10.1 Å². The van der Waals surface area contributed by atoms with Crippen LogP contribution in [-0.4, -0.2) is 40.7 Å². The summed E-state index contributed by atoms with van der Waals surface area (Å²) < 4.78 is 30.1. The molecule has 0 saturated carbocycles. The van der Waals surface area contributed by atoms with Crippen molar-refractivity contribution in [1.29, 1.82) is 0 Å². The van der Waals surface area contributed by atoms with Gasteiger partial charge in [0, 0.05) is 17.4 Å². The molecule has 3 aromatic rings. The molecule has 0 bridgehead atoms. The van der Waals surface area contributed by atoms with Gasteiger partial charge in [0.2, 0.25) is 10.0 Å². The van der Waals surface area contributed by atoms with Crippen molar-refractivity contribution < 1.29 is 22.7 Å². The van der Waals surface area contributed by atoms with Gasteiger partial charge in [-0.15, -0.1) is 11.3 Å². The van der Waals surface area contributed by atoms with E-state index in [4.69, 9.17) is 0 Å². The van der Waals surface area contributed by atoms with E-state index >= 15 is 0 Å². The molecule has 1 amide bonds. The average Bonchev–Trinajstić information content (AvgIpc) is 3.10. The van der Waals surface area contributed by atoms with Crippen LogP contribution in [0.5, 0.6) is 0 Å². The molecule has 1 heterocycles. The number of esters is 1. The van der Waals surface area contributed by atoms with E-state index in [1.54, 1.807) is 48.5 Å². The number of hydrogen-bond acceptors (Lipinski definition) is 6. The molecule has 9 heteroatoms. The molecule has 0 saturated heterocycles. The van der Waals surface area contributed by atoms with E-state index in [0.29, 0.717) is 21.8 Å². The number of amides is 1. The number of carbonyl (C=O) groups is 2. The van der Waals surface area contributed by atoms with E-state index in [2.05, 4.69) is 10.1 Å². The summed E-state index contributed by atoms with van der Waals surface area (Å²) in [5.41, 5.74) is 1.47. The third-order valence-electron chi connectivity index (χ3n) is 4.15. The first kappa shape index (κ1) is 19.8. The first-order chi connectivity index (χ1) is 13.2. The largest absolute Gasteiger partial charge is 0.465 e. The van der Waals surface area contributed by atoms with Crippen LogP contribution in [0.1, 0.15) is 20.0 Å². The summed E-state index contributed by atoms with van der Waals surface area (Å²) in [5, 5.41) is 3.56. The average molecular weight is 418 g/mol. The molecule has 0 atom stereocenters. The fourth-order valence-corrected chi connectivity index (χ4v) is 3.97. The van der Waals surface area contributed by atoms with Crippen LogP contribution in [0.3, 0.4) is 0 Å². The number of rotatable bonds is 5. The highest BCUT2D eigenvalue weighted by Gasteiger charge is 2.15. The van der Waals surface area contributed by atoms with E-state index in [9.17, 15) is 18.0 Å². The third kappa shape index (κ3) is 4.15. The molecule has 0 aliphatic rings. The van der Waals surface area contributed by atoms with Gasteiger partial charge in [-0.05, 0) is 53.9 Å². The minimum absolute atomic E-state index is 0.287. The Morgan fingerprint density at radius 1 is 1.07 bits per heavy atom. The number of nitrogens with zero attached hydrogens (tertiary/aromatic N) is 1. The van der Waals surface area contributed by atoms with Crippen LogP contribution in [-0.2, 0) is 14.8 Å². The topological polar surface area (TPSA) is 92.8 Å². The van der Waals surface area contributed by atoms with Gasteiger partial charge >= 0.3 is 5.97 Å². The molecule has 2 aromatic carbocycles. The monoisotopic (exact) mass is 418 g/mol. The highest BCUT2D eigenvalue weighted by Crippen LogP contribution is 2.30. The van der Waals surface area contributed by atoms with Crippen LogP contribution in [0.15, 0.2) is 48.5 Å². The molecular formula is C19H18N2O5S2. The van der Waals surface area contributed by atoms with Crippen molar-refractivity contribution in [2.75, 3.05) is 30.0 Å². The number of thiophene rings is 1. The standard InChI is InChI=1S/C19H18N2O5S2/c1-21(28(3,24)25)15-8-9-16-13(10-15)11-17(27-16)18(22)20-14-6-4-12(5-7-14)19(23)26-2/h4-11H,1-3H3,(H,20,22). The van der Waals surface area contributed by atoms with Crippen molar-refractivity contribution in [3.8, 4) is 0 Å². The zero-order valence-corrected chi connectivity index (χ0v) is 17.1. The zero-order chi connectivity index (χ0) is 20.5. The van der Waals surface area contributed by atoms with Gasteiger partial charge in [-0.25, -0.2) is 13.2 Å². The Kier molecular flexibility index (Phi) is 5.39. The van der Waals surface area contributed by atoms with Gasteiger partial charge in [0.1, 0.15) is 0 Å². The number of ether oxygens (including phenoxy) is 1. The minimum atomic E-state index is -3.36. The number of carbonyl (C=O) groups excluding carboxylic acids is 2. The van der Waals surface area contributed by atoms with Gasteiger partial charge in [0.05, 0.1) is 29.5 Å². The molecule has 3 rings (SSSR count). The van der Waals surface area contributed by atoms with Gasteiger partial charge in [0.25, 0.3) is 5.91 Å². The number of hydrogen-bond donors (Lipinski definition) is 1. The van der Waals surface area contributed by atoms with Crippen LogP contribution >= 0.6 is 11.3 Å². The Bertz CT molecular complexity index is 1150. The summed E-state index contributed by atoms with van der Waals surface area (Å²) in [5.74, 6) is -0.734. The van der Waals surface area contributed by atoms with Crippen molar-refractivity contribution in [2.24, 2.45) is 0 Å². The predicted molar refractivity (Wildman–Crippen MR) is 111 cm³/mol. The van der Waals surface area contributed by atoms with E-state index in [-0.39, 0.29) is 5.91 Å². The Balaban J connectivity index is 1.81. The van der Waals surface area contributed by atoms with Crippen molar-refractivity contribution in [1.82, 2.24) is 0 Å². The van der Waals surface area contributed by atoms with Gasteiger partial charge in [0.15, 0.2) is 0 Å². The maximum atomic E-state index is 12.5. The van der Waals surface area contributed by atoms with Crippen LogP contribution in [0.2, 0.25) is 0 Å². The van der Waals surface area contributed by atoms with Crippen molar-refractivity contribution in [2.45, 2.75) is 0 Å². The van der Waals surface area contributed by atoms with Crippen molar-refractivity contribution >= 4 is 54.7 Å². The lowest BCUT2D eigenvalue weighted by molar-refractivity contribution is 0.0600. The highest BCUT2D eigenvalue weighted by molar-refractivity contribution is 7.92. The van der Waals surface area contributed by atoms with E-state index in [0.717, 1.165) is 16.3 Å². The number of fused-ring (bicyclic) bond motifs is 1. The van der Waals surface area contributed by atoms with E-state index in [1.807, 2.05) is 0 Å². The minimum Gasteiger partial charge on any atom is -0.465 e. The summed E-state index contributed by atoms with van der Waals surface area (Å²) in [4.78, 5) is 24.5. The predicted octanol–water partition coefficient (Wildman–Crippen LogP) is 3.34. The number of benzene rings is 2. The van der Waals surface area contributed by atoms with Crippen LogP contribution in [0, 0.1) is 0 Å². The second-order valence-electron chi connectivity index (χ2n) is 6.09. The van der Waals surface area contributed by atoms with Gasteiger partial charge in [-0.1, -0.05) is 0 Å². The molecule has 0 aliphatic heterocycles. The SMILES string of the molecule is COC(=O)c1ccc(NC(=O)c2cc3cc(N(C)S(C)(=O)=O)ccc3s2)cc1. The third-order valence-corrected chi connectivity index (χ3v) is 6.47. The fraction of sp³-hybridized carbons (Fsp3) is 0.158. The molecule has 1 aromatic heterocycles. The Morgan fingerprint density at radius 2 is 1.75 bits per heavy atom. The molecule has 0 aliphatic carbocycles. The van der Waals surface area contributed by atoms with Gasteiger partial charge in [-0.2, -0.15) is 0 Å². The molecule has 28 heavy (non-hydrogen) atoms. The van der Waals surface area contributed by atoms with E-state index < -0.39 is 16.0 Å². The molecule has 0 fully saturated rings. The quantitative estimate of drug-likeness (QED) is 0.642. The fourth-order valence-electron chi connectivity index (χ4n) is 2.53. The van der Waals surface area contributed by atoms with Crippen LogP contribution < -0.4 is 9.62 Å². The first-order valence-corrected chi connectivity index (χ1v) is 10.8. The highest BCUT2D eigenvalue weighted by atomic mass is 32.2. The summed E-state index contributed by atoms with van der Waals surface area (Å²) in [6.07, 6.45) is 1.13. The maximum Gasteiger partial charge on any atom is 0.337 e. The van der Waals surface area contributed by atoms with E-state index in [1.165, 1.54) is 29.8 Å². The summed E-state index contributed by atoms with van der Waals surface area (Å²) in [7, 11) is -0.577. The number of methoxy groups -OCH3 is 1. The molecule has 7 nitrogen and oxygen atoms in total. The number of sulfonamides is 1. The molecule has 0 unspecified atom stereocenters. The second kappa shape index (κ2) is 7.61. The summed E-state index contributed by atoms with van der Waals surface area (Å²) in [6.45, 7) is 0. The smallest absolute Gasteiger partial charge is 0.337 e. The van der Waals surface area contributed by atoms with Crippen LogP contribution in [0.4, 0.5) is 11.4 Å². The lowest BCUT2D eigenvalue weighted by atomic mass is 10.2. The molecule has 0 radical (unpaired) electrons. The van der Waals surface area contributed by atoms with Gasteiger partial charge < -0.3 is 10.1 Å². The number of anilines is 2. The number of nitrogens with one attached hydrogen (secondary N) is 1. The second-order valence-corrected chi connectivity index (χ2v) is 9.18. The lowest BCUT2D eigenvalue weighted by Crippen LogP contribution is -2.24.